The van der Waals surface area contributed by atoms with E-state index < -0.39 is 0 Å². The first-order chi connectivity index (χ1) is 7.63. The topological polar surface area (TPSA) is 55.1 Å². The third-order valence-corrected chi connectivity index (χ3v) is 3.67. The summed E-state index contributed by atoms with van der Waals surface area (Å²) in [7, 11) is 0. The molecule has 2 atom stereocenters. The molecular weight excluding hydrogens is 220 g/mol. The predicted molar refractivity (Wildman–Crippen MR) is 68.3 cm³/mol. The molecule has 2 unspecified atom stereocenters. The Hall–Kier alpha value is -0.870. The summed E-state index contributed by atoms with van der Waals surface area (Å²) in [5, 5.41) is 5.01. The Balaban J connectivity index is 2.29. The van der Waals surface area contributed by atoms with Gasteiger partial charge in [-0.15, -0.1) is 11.3 Å². The Morgan fingerprint density at radius 2 is 2.31 bits per heavy atom. The van der Waals surface area contributed by atoms with Gasteiger partial charge in [-0.25, -0.2) is 0 Å². The molecule has 1 rings (SSSR count). The second kappa shape index (κ2) is 6.66. The van der Waals surface area contributed by atoms with E-state index in [4.69, 9.17) is 5.73 Å². The van der Waals surface area contributed by atoms with Gasteiger partial charge in [0, 0.05) is 11.3 Å². The van der Waals surface area contributed by atoms with Crippen LogP contribution >= 0.6 is 11.3 Å². The molecule has 1 heterocycles. The number of amides is 1. The summed E-state index contributed by atoms with van der Waals surface area (Å²) in [5.41, 5.74) is 5.51. The fourth-order valence-corrected chi connectivity index (χ4v) is 2.15. The molecule has 0 aliphatic carbocycles. The summed E-state index contributed by atoms with van der Waals surface area (Å²) in [6, 6.07) is 4.15. The standard InChI is InChI=1S/C12H20N2OS/c1-9(8-13)5-6-12(15)14-10(2)11-4-3-7-16-11/h3-4,7,9-10H,5-6,8,13H2,1-2H3,(H,14,15). The molecule has 0 radical (unpaired) electrons. The van der Waals surface area contributed by atoms with Crippen LogP contribution in [0.15, 0.2) is 17.5 Å². The highest BCUT2D eigenvalue weighted by Gasteiger charge is 2.11. The van der Waals surface area contributed by atoms with Crippen LogP contribution in [0.25, 0.3) is 0 Å². The van der Waals surface area contributed by atoms with E-state index >= 15 is 0 Å². The van der Waals surface area contributed by atoms with Crippen LogP contribution < -0.4 is 11.1 Å². The molecule has 16 heavy (non-hydrogen) atoms. The lowest BCUT2D eigenvalue weighted by Crippen LogP contribution is -2.26. The Bertz CT molecular complexity index is 311. The number of hydrogen-bond acceptors (Lipinski definition) is 3. The molecular formula is C12H20N2OS. The number of nitrogens with one attached hydrogen (secondary N) is 1. The molecule has 1 amide bonds. The monoisotopic (exact) mass is 240 g/mol. The summed E-state index contributed by atoms with van der Waals surface area (Å²) >= 11 is 1.67. The van der Waals surface area contributed by atoms with Crippen molar-refractivity contribution in [1.82, 2.24) is 5.32 Å². The van der Waals surface area contributed by atoms with Gasteiger partial charge in [0.2, 0.25) is 5.91 Å². The predicted octanol–water partition coefficient (Wildman–Crippen LogP) is 2.30. The lowest BCUT2D eigenvalue weighted by molar-refractivity contribution is -0.122. The van der Waals surface area contributed by atoms with Crippen LogP contribution in [0.4, 0.5) is 0 Å². The fourth-order valence-electron chi connectivity index (χ4n) is 1.42. The molecule has 0 saturated carbocycles. The van der Waals surface area contributed by atoms with Gasteiger partial charge >= 0.3 is 0 Å². The third-order valence-electron chi connectivity index (χ3n) is 2.61. The number of nitrogens with two attached hydrogens (primary N) is 1. The second-order valence-corrected chi connectivity index (χ2v) is 5.16. The van der Waals surface area contributed by atoms with Crippen molar-refractivity contribution in [2.45, 2.75) is 32.7 Å². The highest BCUT2D eigenvalue weighted by Crippen LogP contribution is 2.18. The molecule has 4 heteroatoms. The van der Waals surface area contributed by atoms with Crippen LogP contribution in [0.5, 0.6) is 0 Å². The van der Waals surface area contributed by atoms with Crippen molar-refractivity contribution in [1.29, 1.82) is 0 Å². The van der Waals surface area contributed by atoms with Gasteiger partial charge in [-0.3, -0.25) is 4.79 Å². The van der Waals surface area contributed by atoms with Crippen LogP contribution in [0, 0.1) is 5.92 Å². The number of carbonyl (C=O) groups excluding carboxylic acids is 1. The first-order valence-electron chi connectivity index (χ1n) is 5.66. The summed E-state index contributed by atoms with van der Waals surface area (Å²) in [6.07, 6.45) is 1.42. The lowest BCUT2D eigenvalue weighted by Gasteiger charge is -2.13. The molecule has 0 aromatic carbocycles. The minimum atomic E-state index is 0.112. The molecule has 0 aliphatic rings. The van der Waals surface area contributed by atoms with Crippen LogP contribution in [0.3, 0.4) is 0 Å². The minimum Gasteiger partial charge on any atom is -0.349 e. The van der Waals surface area contributed by atoms with Crippen molar-refractivity contribution < 1.29 is 4.79 Å². The fraction of sp³-hybridized carbons (Fsp3) is 0.583. The van der Waals surface area contributed by atoms with Crippen molar-refractivity contribution in [2.24, 2.45) is 11.7 Å². The van der Waals surface area contributed by atoms with Crippen LogP contribution in [-0.4, -0.2) is 12.5 Å². The maximum atomic E-state index is 11.6. The second-order valence-electron chi connectivity index (χ2n) is 4.18. The first kappa shape index (κ1) is 13.2. The highest BCUT2D eigenvalue weighted by atomic mass is 32.1. The smallest absolute Gasteiger partial charge is 0.220 e. The quantitative estimate of drug-likeness (QED) is 0.801. The van der Waals surface area contributed by atoms with E-state index in [-0.39, 0.29) is 11.9 Å². The van der Waals surface area contributed by atoms with Crippen molar-refractivity contribution in [3.8, 4) is 0 Å². The zero-order valence-electron chi connectivity index (χ0n) is 9.90. The zero-order valence-corrected chi connectivity index (χ0v) is 10.7. The number of rotatable bonds is 6. The van der Waals surface area contributed by atoms with Gasteiger partial charge in [0.15, 0.2) is 0 Å². The third kappa shape index (κ3) is 4.33. The first-order valence-corrected chi connectivity index (χ1v) is 6.54. The van der Waals surface area contributed by atoms with Gasteiger partial charge in [-0.2, -0.15) is 0 Å². The molecule has 1 aromatic rings. The van der Waals surface area contributed by atoms with Crippen molar-refractivity contribution in [3.63, 3.8) is 0 Å². The number of carbonyl (C=O) groups is 1. The van der Waals surface area contributed by atoms with Crippen LogP contribution in [0.2, 0.25) is 0 Å². The summed E-state index contributed by atoms with van der Waals surface area (Å²) in [6.45, 7) is 4.72. The SMILES string of the molecule is CC(CN)CCC(=O)NC(C)c1cccs1. The highest BCUT2D eigenvalue weighted by molar-refractivity contribution is 7.10. The molecule has 0 fully saturated rings. The number of thiophene rings is 1. The van der Waals surface area contributed by atoms with E-state index in [0.717, 1.165) is 6.42 Å². The van der Waals surface area contributed by atoms with Crippen LogP contribution in [-0.2, 0) is 4.79 Å². The van der Waals surface area contributed by atoms with E-state index in [0.29, 0.717) is 18.9 Å². The van der Waals surface area contributed by atoms with Gasteiger partial charge in [-0.05, 0) is 37.3 Å². The average molecular weight is 240 g/mol. The van der Waals surface area contributed by atoms with Gasteiger partial charge in [0.25, 0.3) is 0 Å². The average Bonchev–Trinajstić information content (AvgIpc) is 2.79. The molecule has 0 bridgehead atoms. The molecule has 90 valence electrons. The Labute approximate surface area is 101 Å². The Kier molecular flexibility index (Phi) is 5.49. The lowest BCUT2D eigenvalue weighted by atomic mass is 10.1. The number of hydrogen-bond donors (Lipinski definition) is 2. The van der Waals surface area contributed by atoms with Crippen molar-refractivity contribution >= 4 is 17.2 Å². The van der Waals surface area contributed by atoms with Gasteiger partial charge in [0.05, 0.1) is 6.04 Å². The van der Waals surface area contributed by atoms with Crippen molar-refractivity contribution in [3.05, 3.63) is 22.4 Å². The zero-order chi connectivity index (χ0) is 12.0. The van der Waals surface area contributed by atoms with E-state index in [9.17, 15) is 4.79 Å². The van der Waals surface area contributed by atoms with E-state index in [1.54, 1.807) is 11.3 Å². The molecule has 3 nitrogen and oxygen atoms in total. The summed E-state index contributed by atoms with van der Waals surface area (Å²) in [4.78, 5) is 12.8. The molecule has 1 aromatic heterocycles. The Morgan fingerprint density at radius 1 is 1.56 bits per heavy atom. The van der Waals surface area contributed by atoms with Gasteiger partial charge in [-0.1, -0.05) is 13.0 Å². The Morgan fingerprint density at radius 3 is 2.88 bits per heavy atom. The molecule has 3 N–H and O–H groups in total. The summed E-state index contributed by atoms with van der Waals surface area (Å²) in [5.74, 6) is 0.531. The maximum absolute atomic E-state index is 11.6. The molecule has 0 spiro atoms. The van der Waals surface area contributed by atoms with Gasteiger partial charge < -0.3 is 11.1 Å². The molecule has 0 saturated heterocycles. The van der Waals surface area contributed by atoms with E-state index in [1.165, 1.54) is 4.88 Å². The van der Waals surface area contributed by atoms with E-state index in [2.05, 4.69) is 12.2 Å². The maximum Gasteiger partial charge on any atom is 0.220 e. The normalized spacial score (nSPS) is 14.4. The van der Waals surface area contributed by atoms with Gasteiger partial charge in [0.1, 0.15) is 0 Å². The summed E-state index contributed by atoms with van der Waals surface area (Å²) < 4.78 is 0. The minimum absolute atomic E-state index is 0.112. The van der Waals surface area contributed by atoms with Crippen molar-refractivity contribution in [2.75, 3.05) is 6.54 Å². The largest absolute Gasteiger partial charge is 0.349 e. The van der Waals surface area contributed by atoms with Crippen LogP contribution in [0.1, 0.15) is 37.6 Å². The molecule has 0 aliphatic heterocycles. The van der Waals surface area contributed by atoms with E-state index in [1.807, 2.05) is 24.4 Å².